The molecule has 0 radical (unpaired) electrons. The SMILES string of the molecule is Cc1ccccc1C(C)NC(=O)c1cccc(N)c1. The lowest BCUT2D eigenvalue weighted by atomic mass is 10.0. The molecule has 3 N–H and O–H groups in total. The van der Waals surface area contributed by atoms with Crippen LogP contribution in [0.25, 0.3) is 0 Å². The van der Waals surface area contributed by atoms with Crippen molar-refractivity contribution < 1.29 is 4.79 Å². The van der Waals surface area contributed by atoms with E-state index in [0.717, 1.165) is 5.56 Å². The second kappa shape index (κ2) is 5.57. The summed E-state index contributed by atoms with van der Waals surface area (Å²) in [6, 6.07) is 15.0. The van der Waals surface area contributed by atoms with Crippen molar-refractivity contribution in [1.82, 2.24) is 5.32 Å². The number of nitrogens with two attached hydrogens (primary N) is 1. The maximum atomic E-state index is 12.1. The fraction of sp³-hybridized carbons (Fsp3) is 0.188. The van der Waals surface area contributed by atoms with Crippen LogP contribution in [-0.2, 0) is 0 Å². The van der Waals surface area contributed by atoms with Crippen LogP contribution in [0.15, 0.2) is 48.5 Å². The van der Waals surface area contributed by atoms with Crippen LogP contribution in [0, 0.1) is 6.92 Å². The fourth-order valence-corrected chi connectivity index (χ4v) is 2.11. The number of amides is 1. The van der Waals surface area contributed by atoms with Gasteiger partial charge in [-0.3, -0.25) is 4.79 Å². The van der Waals surface area contributed by atoms with Gasteiger partial charge in [-0.05, 0) is 43.2 Å². The molecule has 0 fully saturated rings. The van der Waals surface area contributed by atoms with Crippen LogP contribution in [0.3, 0.4) is 0 Å². The Bertz CT molecular complexity index is 593. The molecule has 3 heteroatoms. The lowest BCUT2D eigenvalue weighted by Crippen LogP contribution is -2.27. The summed E-state index contributed by atoms with van der Waals surface area (Å²) in [5.41, 5.74) is 9.15. The molecule has 2 aromatic rings. The van der Waals surface area contributed by atoms with Gasteiger partial charge >= 0.3 is 0 Å². The van der Waals surface area contributed by atoms with E-state index >= 15 is 0 Å². The average molecular weight is 254 g/mol. The number of aryl methyl sites for hydroxylation is 1. The Morgan fingerprint density at radius 2 is 1.89 bits per heavy atom. The Hall–Kier alpha value is -2.29. The molecule has 0 aromatic heterocycles. The minimum atomic E-state index is -0.108. The zero-order valence-electron chi connectivity index (χ0n) is 11.2. The molecule has 0 spiro atoms. The Kier molecular flexibility index (Phi) is 3.85. The third-order valence-corrected chi connectivity index (χ3v) is 3.15. The summed E-state index contributed by atoms with van der Waals surface area (Å²) in [5.74, 6) is -0.108. The molecule has 2 rings (SSSR count). The molecule has 0 aliphatic rings. The molecule has 0 saturated carbocycles. The maximum Gasteiger partial charge on any atom is 0.251 e. The Balaban J connectivity index is 2.13. The van der Waals surface area contributed by atoms with Gasteiger partial charge in [0.25, 0.3) is 5.91 Å². The topological polar surface area (TPSA) is 55.1 Å². The number of carbonyl (C=O) groups excluding carboxylic acids is 1. The van der Waals surface area contributed by atoms with Gasteiger partial charge < -0.3 is 11.1 Å². The predicted octanol–water partition coefficient (Wildman–Crippen LogP) is 3.07. The molecule has 1 amide bonds. The molecular weight excluding hydrogens is 236 g/mol. The largest absolute Gasteiger partial charge is 0.399 e. The van der Waals surface area contributed by atoms with Gasteiger partial charge in [-0.2, -0.15) is 0 Å². The van der Waals surface area contributed by atoms with Gasteiger partial charge in [0.15, 0.2) is 0 Å². The lowest BCUT2D eigenvalue weighted by molar-refractivity contribution is 0.0940. The van der Waals surface area contributed by atoms with Crippen molar-refractivity contribution in [2.75, 3.05) is 5.73 Å². The van der Waals surface area contributed by atoms with E-state index in [9.17, 15) is 4.79 Å². The van der Waals surface area contributed by atoms with Crippen LogP contribution in [0.1, 0.15) is 34.5 Å². The summed E-state index contributed by atoms with van der Waals surface area (Å²) in [4.78, 5) is 12.1. The van der Waals surface area contributed by atoms with Crippen molar-refractivity contribution in [2.45, 2.75) is 19.9 Å². The highest BCUT2D eigenvalue weighted by atomic mass is 16.1. The molecule has 1 atom stereocenters. The van der Waals surface area contributed by atoms with Gasteiger partial charge in [-0.25, -0.2) is 0 Å². The van der Waals surface area contributed by atoms with Crippen molar-refractivity contribution in [1.29, 1.82) is 0 Å². The monoisotopic (exact) mass is 254 g/mol. The third-order valence-electron chi connectivity index (χ3n) is 3.15. The van der Waals surface area contributed by atoms with Gasteiger partial charge in [0.05, 0.1) is 6.04 Å². The Morgan fingerprint density at radius 3 is 2.58 bits per heavy atom. The van der Waals surface area contributed by atoms with Crippen molar-refractivity contribution in [3.05, 3.63) is 65.2 Å². The summed E-state index contributed by atoms with van der Waals surface area (Å²) < 4.78 is 0. The number of hydrogen-bond donors (Lipinski definition) is 2. The van der Waals surface area contributed by atoms with Crippen LogP contribution < -0.4 is 11.1 Å². The molecule has 3 nitrogen and oxygen atoms in total. The predicted molar refractivity (Wildman–Crippen MR) is 77.9 cm³/mol. The molecule has 2 aromatic carbocycles. The number of carbonyl (C=O) groups is 1. The van der Waals surface area contributed by atoms with Crippen LogP contribution in [0.2, 0.25) is 0 Å². The minimum absolute atomic E-state index is 0.0323. The number of nitrogen functional groups attached to an aromatic ring is 1. The first kappa shape index (κ1) is 13.1. The van der Waals surface area contributed by atoms with Gasteiger partial charge in [0.2, 0.25) is 0 Å². The third kappa shape index (κ3) is 3.13. The molecule has 0 aliphatic carbocycles. The molecule has 1 unspecified atom stereocenters. The summed E-state index contributed by atoms with van der Waals surface area (Å²) in [5, 5.41) is 2.99. The number of rotatable bonds is 3. The quantitative estimate of drug-likeness (QED) is 0.827. The van der Waals surface area contributed by atoms with Crippen LogP contribution in [-0.4, -0.2) is 5.91 Å². The molecule has 0 bridgehead atoms. The first-order valence-electron chi connectivity index (χ1n) is 6.30. The van der Waals surface area contributed by atoms with E-state index in [1.807, 2.05) is 38.1 Å². The molecule has 19 heavy (non-hydrogen) atoms. The van der Waals surface area contributed by atoms with Crippen LogP contribution >= 0.6 is 0 Å². The van der Waals surface area contributed by atoms with Crippen molar-refractivity contribution in [3.8, 4) is 0 Å². The average Bonchev–Trinajstić information content (AvgIpc) is 2.39. The Morgan fingerprint density at radius 1 is 1.16 bits per heavy atom. The van der Waals surface area contributed by atoms with Gasteiger partial charge in [0, 0.05) is 11.3 Å². The van der Waals surface area contributed by atoms with Gasteiger partial charge in [0.1, 0.15) is 0 Å². The van der Waals surface area contributed by atoms with Crippen LogP contribution in [0.4, 0.5) is 5.69 Å². The number of hydrogen-bond acceptors (Lipinski definition) is 2. The molecular formula is C16H18N2O. The van der Waals surface area contributed by atoms with E-state index in [-0.39, 0.29) is 11.9 Å². The molecule has 98 valence electrons. The zero-order chi connectivity index (χ0) is 13.8. The van der Waals surface area contributed by atoms with Crippen LogP contribution in [0.5, 0.6) is 0 Å². The zero-order valence-corrected chi connectivity index (χ0v) is 11.2. The summed E-state index contributed by atoms with van der Waals surface area (Å²) in [6.45, 7) is 4.02. The summed E-state index contributed by atoms with van der Waals surface area (Å²) in [7, 11) is 0. The van der Waals surface area contributed by atoms with Crippen molar-refractivity contribution in [2.24, 2.45) is 0 Å². The van der Waals surface area contributed by atoms with E-state index in [4.69, 9.17) is 5.73 Å². The highest BCUT2D eigenvalue weighted by Crippen LogP contribution is 2.17. The maximum absolute atomic E-state index is 12.1. The van der Waals surface area contributed by atoms with E-state index in [1.165, 1.54) is 5.56 Å². The first-order chi connectivity index (χ1) is 9.08. The molecule has 0 aliphatic heterocycles. The minimum Gasteiger partial charge on any atom is -0.399 e. The fourth-order valence-electron chi connectivity index (χ4n) is 2.11. The highest BCUT2D eigenvalue weighted by Gasteiger charge is 2.12. The van der Waals surface area contributed by atoms with Gasteiger partial charge in [-0.1, -0.05) is 30.3 Å². The number of anilines is 1. The van der Waals surface area contributed by atoms with Crippen molar-refractivity contribution in [3.63, 3.8) is 0 Å². The number of benzene rings is 2. The van der Waals surface area contributed by atoms with E-state index in [1.54, 1.807) is 24.3 Å². The molecule has 0 saturated heterocycles. The summed E-state index contributed by atoms with van der Waals surface area (Å²) >= 11 is 0. The Labute approximate surface area is 113 Å². The molecule has 0 heterocycles. The second-order valence-electron chi connectivity index (χ2n) is 4.68. The normalized spacial score (nSPS) is 11.9. The van der Waals surface area contributed by atoms with Crippen molar-refractivity contribution >= 4 is 11.6 Å². The second-order valence-corrected chi connectivity index (χ2v) is 4.68. The highest BCUT2D eigenvalue weighted by molar-refractivity contribution is 5.95. The van der Waals surface area contributed by atoms with E-state index in [0.29, 0.717) is 11.3 Å². The van der Waals surface area contributed by atoms with E-state index < -0.39 is 0 Å². The number of nitrogens with one attached hydrogen (secondary N) is 1. The standard InChI is InChI=1S/C16H18N2O/c1-11-6-3-4-9-15(11)12(2)18-16(19)13-7-5-8-14(17)10-13/h3-10,12H,17H2,1-2H3,(H,18,19). The first-order valence-corrected chi connectivity index (χ1v) is 6.30. The van der Waals surface area contributed by atoms with Gasteiger partial charge in [-0.15, -0.1) is 0 Å². The smallest absolute Gasteiger partial charge is 0.251 e. The van der Waals surface area contributed by atoms with E-state index in [2.05, 4.69) is 5.32 Å². The lowest BCUT2D eigenvalue weighted by Gasteiger charge is -2.16. The summed E-state index contributed by atoms with van der Waals surface area (Å²) in [6.07, 6.45) is 0.